The van der Waals surface area contributed by atoms with Crippen LogP contribution in [0, 0.1) is 11.7 Å². The molecule has 2 N–H and O–H groups in total. The van der Waals surface area contributed by atoms with Crippen molar-refractivity contribution in [1.82, 2.24) is 10.1 Å². The maximum atomic E-state index is 13.1. The van der Waals surface area contributed by atoms with E-state index in [0.29, 0.717) is 24.9 Å². The normalized spacial score (nSPS) is 19.8. The number of hydrogen-bond donors (Lipinski definition) is 1. The van der Waals surface area contributed by atoms with Gasteiger partial charge in [-0.2, -0.15) is 0 Å². The summed E-state index contributed by atoms with van der Waals surface area (Å²) in [6, 6.07) is 18.8. The Morgan fingerprint density at radius 3 is 2.52 bits per heavy atom. The molecule has 2 aromatic carbocycles. The first-order valence-corrected chi connectivity index (χ1v) is 8.92. The van der Waals surface area contributed by atoms with Crippen molar-refractivity contribution in [3.63, 3.8) is 0 Å². The largest absolute Gasteiger partial charge is 0.359 e. The Bertz CT molecular complexity index is 853. The Morgan fingerprint density at radius 1 is 1.07 bits per heavy atom. The van der Waals surface area contributed by atoms with Gasteiger partial charge in [0.2, 0.25) is 0 Å². The standard InChI is InChI=1S/C21H22FN3O.ClH/c22-18-8-6-16(7-9-18)21-10-19(26-24-21)13-25-12-17(11-23)20(14-25)15-4-2-1-3-5-15;/h1-10,17,20H,11-14,23H2;1H/t17-,20+;/m1./s1. The maximum Gasteiger partial charge on any atom is 0.151 e. The summed E-state index contributed by atoms with van der Waals surface area (Å²) in [5, 5.41) is 4.13. The van der Waals surface area contributed by atoms with Crippen molar-refractivity contribution in [3.8, 4) is 11.3 Å². The summed E-state index contributed by atoms with van der Waals surface area (Å²) in [5.74, 6) is 1.45. The molecule has 1 saturated heterocycles. The summed E-state index contributed by atoms with van der Waals surface area (Å²) in [5.41, 5.74) is 8.94. The first-order valence-electron chi connectivity index (χ1n) is 8.92. The lowest BCUT2D eigenvalue weighted by molar-refractivity contribution is 0.266. The Hall–Kier alpha value is -2.21. The molecule has 6 heteroatoms. The Balaban J connectivity index is 0.00000210. The van der Waals surface area contributed by atoms with Crippen LogP contribution in [0.3, 0.4) is 0 Å². The van der Waals surface area contributed by atoms with Crippen molar-refractivity contribution in [1.29, 1.82) is 0 Å². The molecule has 2 atom stereocenters. The molecule has 0 radical (unpaired) electrons. The Morgan fingerprint density at radius 2 is 1.81 bits per heavy atom. The smallest absolute Gasteiger partial charge is 0.151 e. The van der Waals surface area contributed by atoms with E-state index in [2.05, 4.69) is 34.3 Å². The first-order chi connectivity index (χ1) is 12.7. The third kappa shape index (κ3) is 4.38. The van der Waals surface area contributed by atoms with E-state index < -0.39 is 0 Å². The molecule has 1 aliphatic heterocycles. The highest BCUT2D eigenvalue weighted by atomic mass is 35.5. The van der Waals surface area contributed by atoms with E-state index >= 15 is 0 Å². The zero-order chi connectivity index (χ0) is 17.9. The van der Waals surface area contributed by atoms with E-state index in [0.717, 1.165) is 30.1 Å². The molecule has 3 aromatic rings. The molecule has 2 heterocycles. The van der Waals surface area contributed by atoms with Crippen molar-refractivity contribution in [2.45, 2.75) is 12.5 Å². The van der Waals surface area contributed by atoms with Crippen LogP contribution in [0.25, 0.3) is 11.3 Å². The average Bonchev–Trinajstić information content (AvgIpc) is 3.30. The summed E-state index contributed by atoms with van der Waals surface area (Å²) in [6.07, 6.45) is 0. The lowest BCUT2D eigenvalue weighted by Crippen LogP contribution is -2.23. The van der Waals surface area contributed by atoms with Crippen LogP contribution in [0.2, 0.25) is 0 Å². The molecule has 27 heavy (non-hydrogen) atoms. The molecule has 0 unspecified atom stereocenters. The molecule has 0 saturated carbocycles. The van der Waals surface area contributed by atoms with Gasteiger partial charge in [-0.1, -0.05) is 35.5 Å². The van der Waals surface area contributed by atoms with Gasteiger partial charge in [-0.3, -0.25) is 4.90 Å². The van der Waals surface area contributed by atoms with E-state index in [1.807, 2.05) is 12.1 Å². The average molecular weight is 388 g/mol. The maximum absolute atomic E-state index is 13.1. The first kappa shape index (κ1) is 19.5. The number of aromatic nitrogens is 1. The zero-order valence-electron chi connectivity index (χ0n) is 14.9. The predicted molar refractivity (Wildman–Crippen MR) is 106 cm³/mol. The molecule has 0 amide bonds. The molecule has 0 aliphatic carbocycles. The van der Waals surface area contributed by atoms with E-state index in [4.69, 9.17) is 10.3 Å². The van der Waals surface area contributed by atoms with Crippen molar-refractivity contribution in [2.24, 2.45) is 11.7 Å². The van der Waals surface area contributed by atoms with Crippen molar-refractivity contribution < 1.29 is 8.91 Å². The Kier molecular flexibility index (Phi) is 6.26. The molecular formula is C21H23ClFN3O. The second-order valence-electron chi connectivity index (χ2n) is 6.89. The number of rotatable bonds is 5. The van der Waals surface area contributed by atoms with Crippen LogP contribution in [0.5, 0.6) is 0 Å². The molecule has 142 valence electrons. The van der Waals surface area contributed by atoms with Crippen molar-refractivity contribution in [2.75, 3.05) is 19.6 Å². The van der Waals surface area contributed by atoms with E-state index in [1.165, 1.54) is 17.7 Å². The van der Waals surface area contributed by atoms with E-state index in [1.54, 1.807) is 12.1 Å². The van der Waals surface area contributed by atoms with Gasteiger partial charge in [0.25, 0.3) is 0 Å². The minimum Gasteiger partial charge on any atom is -0.359 e. The summed E-state index contributed by atoms with van der Waals surface area (Å²) >= 11 is 0. The van der Waals surface area contributed by atoms with Crippen LogP contribution in [0.4, 0.5) is 4.39 Å². The van der Waals surface area contributed by atoms with Crippen LogP contribution >= 0.6 is 12.4 Å². The highest BCUT2D eigenvalue weighted by Crippen LogP contribution is 2.33. The molecule has 1 fully saturated rings. The fourth-order valence-electron chi connectivity index (χ4n) is 3.77. The summed E-state index contributed by atoms with van der Waals surface area (Å²) < 4.78 is 18.6. The molecule has 1 aromatic heterocycles. The molecule has 4 rings (SSSR count). The van der Waals surface area contributed by atoms with Gasteiger partial charge in [-0.05, 0) is 42.3 Å². The fourth-order valence-corrected chi connectivity index (χ4v) is 3.77. The number of hydrogen-bond acceptors (Lipinski definition) is 4. The highest BCUT2D eigenvalue weighted by Gasteiger charge is 2.33. The van der Waals surface area contributed by atoms with Gasteiger partial charge in [-0.25, -0.2) is 4.39 Å². The SMILES string of the molecule is Cl.NC[C@@H]1CN(Cc2cc(-c3ccc(F)cc3)no2)C[C@H]1c1ccccc1. The zero-order valence-corrected chi connectivity index (χ0v) is 15.7. The van der Waals surface area contributed by atoms with E-state index in [9.17, 15) is 4.39 Å². The molecule has 0 spiro atoms. The van der Waals surface area contributed by atoms with Crippen LogP contribution in [0.1, 0.15) is 17.2 Å². The number of nitrogens with two attached hydrogens (primary N) is 1. The summed E-state index contributed by atoms with van der Waals surface area (Å²) in [4.78, 5) is 2.37. The van der Waals surface area contributed by atoms with Gasteiger partial charge >= 0.3 is 0 Å². The van der Waals surface area contributed by atoms with Crippen LogP contribution in [0.15, 0.2) is 65.2 Å². The fraction of sp³-hybridized carbons (Fsp3) is 0.286. The minimum atomic E-state index is -0.255. The summed E-state index contributed by atoms with van der Waals surface area (Å²) in [7, 11) is 0. The predicted octanol–water partition coefficient (Wildman–Crippen LogP) is 4.08. The van der Waals surface area contributed by atoms with Gasteiger partial charge in [0, 0.05) is 30.6 Å². The van der Waals surface area contributed by atoms with Crippen LogP contribution < -0.4 is 5.73 Å². The highest BCUT2D eigenvalue weighted by molar-refractivity contribution is 5.85. The van der Waals surface area contributed by atoms with E-state index in [-0.39, 0.29) is 18.2 Å². The van der Waals surface area contributed by atoms with Gasteiger partial charge in [0.05, 0.1) is 6.54 Å². The number of benzene rings is 2. The second-order valence-corrected chi connectivity index (χ2v) is 6.89. The second kappa shape index (κ2) is 8.65. The van der Waals surface area contributed by atoms with Crippen LogP contribution in [-0.4, -0.2) is 29.7 Å². The molecular weight excluding hydrogens is 365 g/mol. The molecule has 4 nitrogen and oxygen atoms in total. The van der Waals surface area contributed by atoms with Gasteiger partial charge in [0.1, 0.15) is 11.5 Å². The van der Waals surface area contributed by atoms with Crippen molar-refractivity contribution >= 4 is 12.4 Å². The number of nitrogens with zero attached hydrogens (tertiary/aromatic N) is 2. The van der Waals surface area contributed by atoms with Gasteiger partial charge in [-0.15, -0.1) is 12.4 Å². The lowest BCUT2D eigenvalue weighted by atomic mass is 9.89. The molecule has 0 bridgehead atoms. The summed E-state index contributed by atoms with van der Waals surface area (Å²) in [6.45, 7) is 3.28. The number of likely N-dealkylation sites (tertiary alicyclic amines) is 1. The third-order valence-electron chi connectivity index (χ3n) is 5.13. The third-order valence-corrected chi connectivity index (χ3v) is 5.13. The van der Waals surface area contributed by atoms with Crippen molar-refractivity contribution in [3.05, 3.63) is 77.8 Å². The lowest BCUT2D eigenvalue weighted by Gasteiger charge is -2.16. The Labute approximate surface area is 164 Å². The van der Waals surface area contributed by atoms with Gasteiger partial charge in [0.15, 0.2) is 5.76 Å². The van der Waals surface area contributed by atoms with Crippen LogP contribution in [-0.2, 0) is 6.54 Å². The van der Waals surface area contributed by atoms with Gasteiger partial charge < -0.3 is 10.3 Å². The topological polar surface area (TPSA) is 55.3 Å². The molecule has 1 aliphatic rings. The number of halogens is 2. The monoisotopic (exact) mass is 387 g/mol. The minimum absolute atomic E-state index is 0. The quantitative estimate of drug-likeness (QED) is 0.716.